The fraction of sp³-hybridized carbons (Fsp3) is 0.462. The van der Waals surface area contributed by atoms with Crippen LogP contribution in [0.3, 0.4) is 0 Å². The molecule has 1 aliphatic heterocycles. The molecule has 0 radical (unpaired) electrons. The van der Waals surface area contributed by atoms with Crippen LogP contribution >= 0.6 is 0 Å². The number of fused-ring (bicyclic) bond motifs is 1. The van der Waals surface area contributed by atoms with E-state index >= 15 is 0 Å². The van der Waals surface area contributed by atoms with Gasteiger partial charge in [-0.05, 0) is 18.6 Å². The number of hydrogen-bond donors (Lipinski definition) is 2. The van der Waals surface area contributed by atoms with E-state index in [0.717, 1.165) is 5.69 Å². The molecule has 98 valence electrons. The molecule has 4 nitrogen and oxygen atoms in total. The first-order chi connectivity index (χ1) is 8.56. The van der Waals surface area contributed by atoms with Gasteiger partial charge in [-0.15, -0.1) is 0 Å². The van der Waals surface area contributed by atoms with Gasteiger partial charge in [0.15, 0.2) is 0 Å². The molecule has 1 aromatic rings. The van der Waals surface area contributed by atoms with E-state index in [2.05, 4.69) is 10.6 Å². The first-order valence-corrected chi connectivity index (χ1v) is 7.74. The van der Waals surface area contributed by atoms with E-state index in [0.29, 0.717) is 12.2 Å². The van der Waals surface area contributed by atoms with Crippen molar-refractivity contribution < 1.29 is 9.00 Å². The molecule has 0 saturated heterocycles. The topological polar surface area (TPSA) is 58.2 Å². The molecule has 1 heterocycles. The summed E-state index contributed by atoms with van der Waals surface area (Å²) in [7, 11) is -0.889. The maximum absolute atomic E-state index is 12.0. The number of amides is 1. The minimum Gasteiger partial charge on any atom is -0.373 e. The highest BCUT2D eigenvalue weighted by molar-refractivity contribution is 7.84. The second kappa shape index (κ2) is 5.52. The summed E-state index contributed by atoms with van der Waals surface area (Å²) in [5, 5.41) is 6.10. The number of nitrogens with one attached hydrogen (secondary N) is 2. The third-order valence-corrected chi connectivity index (χ3v) is 3.93. The number of hydrogen-bond acceptors (Lipinski definition) is 3. The predicted octanol–water partition coefficient (Wildman–Crippen LogP) is 0.906. The Bertz CT molecular complexity index is 451. The molecule has 0 aromatic heterocycles. The highest BCUT2D eigenvalue weighted by atomic mass is 32.2. The lowest BCUT2D eigenvalue weighted by atomic mass is 10.1. The Morgan fingerprint density at radius 3 is 2.94 bits per heavy atom. The first kappa shape index (κ1) is 13.1. The van der Waals surface area contributed by atoms with Crippen LogP contribution in [0.2, 0.25) is 0 Å². The average molecular weight is 266 g/mol. The molecule has 2 unspecified atom stereocenters. The van der Waals surface area contributed by atoms with Crippen molar-refractivity contribution in [3.8, 4) is 0 Å². The summed E-state index contributed by atoms with van der Waals surface area (Å²) in [4.78, 5) is 12.0. The van der Waals surface area contributed by atoms with Crippen molar-refractivity contribution in [3.63, 3.8) is 0 Å². The molecular weight excluding hydrogens is 248 g/mol. The van der Waals surface area contributed by atoms with Gasteiger partial charge in [-0.1, -0.05) is 18.2 Å². The van der Waals surface area contributed by atoms with Crippen molar-refractivity contribution >= 4 is 22.4 Å². The lowest BCUT2D eigenvalue weighted by Crippen LogP contribution is -2.44. The molecule has 2 rings (SSSR count). The number of benzene rings is 1. The molecule has 0 aliphatic carbocycles. The lowest BCUT2D eigenvalue weighted by molar-refractivity contribution is -0.122. The predicted molar refractivity (Wildman–Crippen MR) is 74.1 cm³/mol. The van der Waals surface area contributed by atoms with Crippen molar-refractivity contribution in [2.24, 2.45) is 0 Å². The number of rotatable bonds is 4. The van der Waals surface area contributed by atoms with Crippen LogP contribution in [-0.2, 0) is 22.0 Å². The molecule has 1 amide bonds. The molecule has 0 spiro atoms. The average Bonchev–Trinajstić information content (AvgIpc) is 2.71. The molecule has 0 bridgehead atoms. The van der Waals surface area contributed by atoms with Crippen LogP contribution in [-0.4, -0.2) is 34.2 Å². The summed E-state index contributed by atoms with van der Waals surface area (Å²) >= 11 is 0. The Hall–Kier alpha value is -1.36. The van der Waals surface area contributed by atoms with E-state index in [1.54, 1.807) is 6.26 Å². The Morgan fingerprint density at radius 1 is 1.56 bits per heavy atom. The van der Waals surface area contributed by atoms with E-state index in [1.165, 1.54) is 5.56 Å². The van der Waals surface area contributed by atoms with Crippen LogP contribution in [0.4, 0.5) is 5.69 Å². The third kappa shape index (κ3) is 3.10. The molecule has 2 N–H and O–H groups in total. The summed E-state index contributed by atoms with van der Waals surface area (Å²) < 4.78 is 11.1. The fourth-order valence-electron chi connectivity index (χ4n) is 2.19. The zero-order valence-electron chi connectivity index (χ0n) is 10.6. The third-order valence-electron chi connectivity index (χ3n) is 2.96. The van der Waals surface area contributed by atoms with E-state index in [9.17, 15) is 9.00 Å². The standard InChI is InChI=1S/C13H18N2O2S/c1-9(8-18(2)17)14-13(16)12-7-10-5-3-4-6-11(10)15-12/h3-6,9,12,15H,7-8H2,1-2H3,(H,14,16)/t9?,12-,18?/m0/s1. The number of carbonyl (C=O) groups is 1. The number of anilines is 1. The number of carbonyl (C=O) groups excluding carboxylic acids is 1. The minimum absolute atomic E-state index is 0.0239. The Labute approximate surface area is 110 Å². The van der Waals surface area contributed by atoms with Gasteiger partial charge in [-0.3, -0.25) is 9.00 Å². The zero-order valence-corrected chi connectivity index (χ0v) is 11.4. The van der Waals surface area contributed by atoms with E-state index in [1.807, 2.05) is 31.2 Å². The van der Waals surface area contributed by atoms with Crippen LogP contribution in [0.15, 0.2) is 24.3 Å². The van der Waals surface area contributed by atoms with Crippen molar-refractivity contribution in [1.29, 1.82) is 0 Å². The highest BCUT2D eigenvalue weighted by Crippen LogP contribution is 2.25. The van der Waals surface area contributed by atoms with Gasteiger partial charge in [0.25, 0.3) is 0 Å². The summed E-state index contributed by atoms with van der Waals surface area (Å²) in [6.45, 7) is 1.88. The van der Waals surface area contributed by atoms with Crippen molar-refractivity contribution in [1.82, 2.24) is 5.32 Å². The Balaban J connectivity index is 1.91. The van der Waals surface area contributed by atoms with Gasteiger partial charge in [-0.2, -0.15) is 0 Å². The van der Waals surface area contributed by atoms with Gasteiger partial charge in [0.2, 0.25) is 5.91 Å². The summed E-state index contributed by atoms with van der Waals surface area (Å²) in [6, 6.07) is 7.66. The maximum atomic E-state index is 12.0. The second-order valence-electron chi connectivity index (χ2n) is 4.71. The fourth-order valence-corrected chi connectivity index (χ4v) is 2.98. The molecule has 3 atom stereocenters. The van der Waals surface area contributed by atoms with E-state index in [4.69, 9.17) is 0 Å². The molecule has 1 aliphatic rings. The lowest BCUT2D eigenvalue weighted by Gasteiger charge is -2.16. The molecular formula is C13H18N2O2S. The first-order valence-electron chi connectivity index (χ1n) is 6.01. The zero-order chi connectivity index (χ0) is 13.1. The SMILES string of the molecule is CC(CS(C)=O)NC(=O)[C@@H]1Cc2ccccc2N1. The molecule has 5 heteroatoms. The smallest absolute Gasteiger partial charge is 0.243 e. The summed E-state index contributed by atoms with van der Waals surface area (Å²) in [5.74, 6) is 0.468. The van der Waals surface area contributed by atoms with Gasteiger partial charge in [-0.25, -0.2) is 0 Å². The maximum Gasteiger partial charge on any atom is 0.243 e. The molecule has 0 saturated carbocycles. The second-order valence-corrected chi connectivity index (χ2v) is 6.19. The van der Waals surface area contributed by atoms with Gasteiger partial charge >= 0.3 is 0 Å². The van der Waals surface area contributed by atoms with Gasteiger partial charge in [0.05, 0.1) is 0 Å². The molecule has 0 fully saturated rings. The van der Waals surface area contributed by atoms with Crippen LogP contribution in [0.1, 0.15) is 12.5 Å². The van der Waals surface area contributed by atoms with Gasteiger partial charge in [0.1, 0.15) is 6.04 Å². The van der Waals surface area contributed by atoms with Gasteiger partial charge < -0.3 is 10.6 Å². The van der Waals surface area contributed by atoms with E-state index in [-0.39, 0.29) is 18.0 Å². The molecule has 18 heavy (non-hydrogen) atoms. The Kier molecular flexibility index (Phi) is 4.01. The quantitative estimate of drug-likeness (QED) is 0.851. The Morgan fingerprint density at radius 2 is 2.28 bits per heavy atom. The minimum atomic E-state index is -0.889. The number of para-hydroxylation sites is 1. The largest absolute Gasteiger partial charge is 0.373 e. The van der Waals surface area contributed by atoms with Crippen LogP contribution in [0.5, 0.6) is 0 Å². The normalized spacial score (nSPS) is 20.7. The highest BCUT2D eigenvalue weighted by Gasteiger charge is 2.26. The monoisotopic (exact) mass is 266 g/mol. The van der Waals surface area contributed by atoms with E-state index < -0.39 is 10.8 Å². The summed E-state index contributed by atoms with van der Waals surface area (Å²) in [5.41, 5.74) is 2.20. The van der Waals surface area contributed by atoms with Crippen LogP contribution in [0, 0.1) is 0 Å². The van der Waals surface area contributed by atoms with Crippen molar-refractivity contribution in [3.05, 3.63) is 29.8 Å². The van der Waals surface area contributed by atoms with Crippen molar-refractivity contribution in [2.45, 2.75) is 25.4 Å². The van der Waals surface area contributed by atoms with Crippen LogP contribution in [0.25, 0.3) is 0 Å². The van der Waals surface area contributed by atoms with Crippen molar-refractivity contribution in [2.75, 3.05) is 17.3 Å². The molecule has 1 aromatic carbocycles. The summed E-state index contributed by atoms with van der Waals surface area (Å²) in [6.07, 6.45) is 2.36. The van der Waals surface area contributed by atoms with Crippen LogP contribution < -0.4 is 10.6 Å². The van der Waals surface area contributed by atoms with Gasteiger partial charge in [0, 0.05) is 41.0 Å².